The Labute approximate surface area is 127 Å². The van der Waals surface area contributed by atoms with E-state index in [4.69, 9.17) is 0 Å². The first-order valence-corrected chi connectivity index (χ1v) is 8.97. The van der Waals surface area contributed by atoms with Gasteiger partial charge in [0.15, 0.2) is 0 Å². The van der Waals surface area contributed by atoms with Crippen LogP contribution in [-0.4, -0.2) is 19.6 Å². The molecule has 1 fully saturated rings. The smallest absolute Gasteiger partial charge is 0.241 e. The van der Waals surface area contributed by atoms with Crippen LogP contribution in [-0.2, 0) is 16.6 Å². The van der Waals surface area contributed by atoms with Gasteiger partial charge in [-0.05, 0) is 42.4 Å². The Hall–Kier alpha value is -0.910. The molecule has 1 aliphatic rings. The van der Waals surface area contributed by atoms with Gasteiger partial charge in [-0.15, -0.1) is 0 Å². The second-order valence-electron chi connectivity index (χ2n) is 6.67. The Balaban J connectivity index is 2.30. The number of rotatable bonds is 4. The largest absolute Gasteiger partial charge is 0.392 e. The van der Waals surface area contributed by atoms with Gasteiger partial charge in [0.1, 0.15) is 0 Å². The fourth-order valence-electron chi connectivity index (χ4n) is 3.00. The third kappa shape index (κ3) is 3.65. The van der Waals surface area contributed by atoms with Crippen LogP contribution in [0.1, 0.15) is 50.7 Å². The maximum absolute atomic E-state index is 12.7. The fourth-order valence-corrected chi connectivity index (χ4v) is 4.73. The van der Waals surface area contributed by atoms with E-state index in [1.54, 1.807) is 25.1 Å². The van der Waals surface area contributed by atoms with Crippen molar-refractivity contribution in [3.63, 3.8) is 0 Å². The highest BCUT2D eigenvalue weighted by Crippen LogP contribution is 2.36. The van der Waals surface area contributed by atoms with Gasteiger partial charge in [-0.25, -0.2) is 13.1 Å². The highest BCUT2D eigenvalue weighted by atomic mass is 32.2. The van der Waals surface area contributed by atoms with E-state index in [-0.39, 0.29) is 23.0 Å². The highest BCUT2D eigenvalue weighted by molar-refractivity contribution is 7.89. The van der Waals surface area contributed by atoms with Crippen molar-refractivity contribution in [3.8, 4) is 0 Å². The second kappa shape index (κ2) is 6.07. The van der Waals surface area contributed by atoms with Crippen LogP contribution in [0.5, 0.6) is 0 Å². The average Bonchev–Trinajstić information content (AvgIpc) is 2.41. The molecular formula is C16H25NO3S. The van der Waals surface area contributed by atoms with Crippen molar-refractivity contribution >= 4 is 10.0 Å². The Bertz CT molecular complexity index is 608. The molecule has 1 unspecified atom stereocenters. The molecule has 1 aliphatic carbocycles. The molecule has 118 valence electrons. The molecule has 0 spiro atoms. The van der Waals surface area contributed by atoms with E-state index < -0.39 is 10.0 Å². The molecule has 1 aromatic rings. The fraction of sp³-hybridized carbons (Fsp3) is 0.625. The highest BCUT2D eigenvalue weighted by Gasteiger charge is 2.35. The molecule has 21 heavy (non-hydrogen) atoms. The maximum Gasteiger partial charge on any atom is 0.241 e. The van der Waals surface area contributed by atoms with Crippen molar-refractivity contribution < 1.29 is 13.5 Å². The van der Waals surface area contributed by atoms with Gasteiger partial charge in [0.25, 0.3) is 0 Å². The zero-order valence-corrected chi connectivity index (χ0v) is 13.8. The summed E-state index contributed by atoms with van der Waals surface area (Å²) in [6.07, 6.45) is 4.14. The van der Waals surface area contributed by atoms with Crippen LogP contribution in [0.15, 0.2) is 23.1 Å². The van der Waals surface area contributed by atoms with Crippen LogP contribution >= 0.6 is 0 Å². The zero-order chi connectivity index (χ0) is 15.7. The van der Waals surface area contributed by atoms with Gasteiger partial charge >= 0.3 is 0 Å². The lowest BCUT2D eigenvalue weighted by Gasteiger charge is -2.38. The minimum Gasteiger partial charge on any atom is -0.392 e. The molecule has 0 saturated heterocycles. The molecule has 0 amide bonds. The van der Waals surface area contributed by atoms with E-state index in [0.717, 1.165) is 25.7 Å². The van der Waals surface area contributed by atoms with E-state index in [9.17, 15) is 13.5 Å². The lowest BCUT2D eigenvalue weighted by atomic mass is 9.74. The predicted molar refractivity (Wildman–Crippen MR) is 83.5 cm³/mol. The summed E-state index contributed by atoms with van der Waals surface area (Å²) in [6.45, 7) is 5.87. The van der Waals surface area contributed by atoms with E-state index in [1.165, 1.54) is 0 Å². The molecule has 0 heterocycles. The summed E-state index contributed by atoms with van der Waals surface area (Å²) >= 11 is 0. The molecule has 1 aromatic carbocycles. The van der Waals surface area contributed by atoms with Crippen LogP contribution in [0.3, 0.4) is 0 Å². The lowest BCUT2D eigenvalue weighted by Crippen LogP contribution is -2.46. The van der Waals surface area contributed by atoms with E-state index in [2.05, 4.69) is 18.6 Å². The van der Waals surface area contributed by atoms with E-state index in [1.807, 2.05) is 0 Å². The van der Waals surface area contributed by atoms with Gasteiger partial charge in [-0.1, -0.05) is 38.8 Å². The van der Waals surface area contributed by atoms with Gasteiger partial charge in [-0.2, -0.15) is 0 Å². The Morgan fingerprint density at radius 3 is 2.67 bits per heavy atom. The summed E-state index contributed by atoms with van der Waals surface area (Å²) in [6, 6.07) is 5.02. The molecule has 0 radical (unpaired) electrons. The first-order valence-electron chi connectivity index (χ1n) is 7.49. The Morgan fingerprint density at radius 1 is 1.33 bits per heavy atom. The van der Waals surface area contributed by atoms with Crippen LogP contribution in [0.2, 0.25) is 0 Å². The molecule has 2 rings (SSSR count). The third-order valence-electron chi connectivity index (χ3n) is 4.53. The van der Waals surface area contributed by atoms with Crippen molar-refractivity contribution in [2.75, 3.05) is 0 Å². The molecule has 5 heteroatoms. The standard InChI is InChI=1S/C16H25NO3S/c1-12-7-8-13(11-18)10-14(12)21(19,20)17-15-6-4-5-9-16(15,2)3/h7-8,10,15,17-18H,4-6,9,11H2,1-3H3. The molecule has 0 bridgehead atoms. The molecule has 4 nitrogen and oxygen atoms in total. The lowest BCUT2D eigenvalue weighted by molar-refractivity contribution is 0.188. The van der Waals surface area contributed by atoms with Gasteiger partial charge in [0, 0.05) is 6.04 Å². The number of nitrogens with one attached hydrogen (secondary N) is 1. The van der Waals surface area contributed by atoms with Crippen LogP contribution in [0.25, 0.3) is 0 Å². The van der Waals surface area contributed by atoms with Crippen molar-refractivity contribution in [3.05, 3.63) is 29.3 Å². The Kier molecular flexibility index (Phi) is 4.76. The summed E-state index contributed by atoms with van der Waals surface area (Å²) in [7, 11) is -3.56. The number of hydrogen-bond donors (Lipinski definition) is 2. The second-order valence-corrected chi connectivity index (χ2v) is 8.35. The van der Waals surface area contributed by atoms with Crippen molar-refractivity contribution in [1.82, 2.24) is 4.72 Å². The normalized spacial score (nSPS) is 22.2. The third-order valence-corrected chi connectivity index (χ3v) is 6.14. The summed E-state index contributed by atoms with van der Waals surface area (Å²) in [4.78, 5) is 0.274. The topological polar surface area (TPSA) is 66.4 Å². The van der Waals surface area contributed by atoms with Gasteiger partial charge < -0.3 is 5.11 Å². The summed E-state index contributed by atoms with van der Waals surface area (Å²) < 4.78 is 28.3. The number of aliphatic hydroxyl groups excluding tert-OH is 1. The van der Waals surface area contributed by atoms with Gasteiger partial charge in [0.05, 0.1) is 11.5 Å². The SMILES string of the molecule is Cc1ccc(CO)cc1S(=O)(=O)NC1CCCCC1(C)C. The van der Waals surface area contributed by atoms with Crippen molar-refractivity contribution in [2.24, 2.45) is 5.41 Å². The minimum atomic E-state index is -3.56. The maximum atomic E-state index is 12.7. The molecule has 1 saturated carbocycles. The molecule has 2 N–H and O–H groups in total. The van der Waals surface area contributed by atoms with E-state index >= 15 is 0 Å². The first kappa shape index (κ1) is 16.5. The molecule has 0 aliphatic heterocycles. The van der Waals surface area contributed by atoms with Crippen molar-refractivity contribution in [1.29, 1.82) is 0 Å². The quantitative estimate of drug-likeness (QED) is 0.898. The number of aliphatic hydroxyl groups is 1. The predicted octanol–water partition coefficient (Wildman–Crippen LogP) is 2.73. The summed E-state index contributed by atoms with van der Waals surface area (Å²) in [5.41, 5.74) is 1.30. The van der Waals surface area contributed by atoms with Crippen LogP contribution in [0, 0.1) is 12.3 Å². The van der Waals surface area contributed by atoms with Crippen LogP contribution < -0.4 is 4.72 Å². The van der Waals surface area contributed by atoms with Gasteiger partial charge in [0.2, 0.25) is 10.0 Å². The Morgan fingerprint density at radius 2 is 2.05 bits per heavy atom. The number of sulfonamides is 1. The zero-order valence-electron chi connectivity index (χ0n) is 13.0. The first-order chi connectivity index (χ1) is 9.76. The molecule has 0 aromatic heterocycles. The van der Waals surface area contributed by atoms with Gasteiger partial charge in [-0.3, -0.25) is 0 Å². The summed E-state index contributed by atoms with van der Waals surface area (Å²) in [5.74, 6) is 0. The number of benzene rings is 1. The molecule has 1 atom stereocenters. The van der Waals surface area contributed by atoms with Crippen LogP contribution in [0.4, 0.5) is 0 Å². The summed E-state index contributed by atoms with van der Waals surface area (Å²) in [5, 5.41) is 9.21. The number of aryl methyl sites for hydroxylation is 1. The monoisotopic (exact) mass is 311 g/mol. The number of hydrogen-bond acceptors (Lipinski definition) is 3. The minimum absolute atomic E-state index is 0.0200. The van der Waals surface area contributed by atoms with E-state index in [0.29, 0.717) is 11.1 Å². The molecular weight excluding hydrogens is 286 g/mol. The average molecular weight is 311 g/mol. The van der Waals surface area contributed by atoms with Crippen molar-refractivity contribution in [2.45, 2.75) is 64.0 Å².